The molecule has 0 amide bonds. The van der Waals surface area contributed by atoms with Gasteiger partial charge in [-0.25, -0.2) is 0 Å². The summed E-state index contributed by atoms with van der Waals surface area (Å²) in [6.45, 7) is 0. The number of aliphatic carboxylic acids is 1. The molecule has 2 rings (SSSR count). The van der Waals surface area contributed by atoms with Gasteiger partial charge in [0.25, 0.3) is 5.56 Å². The first-order valence-corrected chi connectivity index (χ1v) is 5.55. The van der Waals surface area contributed by atoms with E-state index in [1.165, 1.54) is 11.3 Å². The first kappa shape index (κ1) is 11.0. The van der Waals surface area contributed by atoms with Gasteiger partial charge in [-0.05, 0) is 11.4 Å². The predicted molar refractivity (Wildman–Crippen MR) is 58.9 cm³/mol. The van der Waals surface area contributed by atoms with Crippen LogP contribution in [0.2, 0.25) is 0 Å². The second-order valence-electron chi connectivity index (χ2n) is 2.95. The lowest BCUT2D eigenvalue weighted by atomic mass is 10.1. The first-order valence-electron chi connectivity index (χ1n) is 4.23. The summed E-state index contributed by atoms with van der Waals surface area (Å²) >= 11 is 6.96. The van der Waals surface area contributed by atoms with E-state index in [0.29, 0.717) is 4.88 Å². The van der Waals surface area contributed by atoms with E-state index in [2.05, 4.69) is 5.16 Å². The summed E-state index contributed by atoms with van der Waals surface area (Å²) in [6.07, 6.45) is 0. The molecule has 0 bridgehead atoms. The zero-order valence-electron chi connectivity index (χ0n) is 7.77. The summed E-state index contributed by atoms with van der Waals surface area (Å²) < 4.78 is 4.94. The molecular formula is C9H6ClNO4S. The van der Waals surface area contributed by atoms with Gasteiger partial charge >= 0.3 is 5.97 Å². The first-order chi connectivity index (χ1) is 7.61. The molecule has 7 heteroatoms. The number of carboxylic acids is 1. The summed E-state index contributed by atoms with van der Waals surface area (Å²) in [5.74, 6) is -1.10. The molecule has 1 unspecified atom stereocenters. The van der Waals surface area contributed by atoms with Crippen LogP contribution in [0.5, 0.6) is 0 Å². The van der Waals surface area contributed by atoms with E-state index in [0.717, 1.165) is 0 Å². The third kappa shape index (κ3) is 1.77. The molecule has 0 aliphatic carbocycles. The minimum absolute atomic E-state index is 0.0726. The number of hydrogen-bond donors (Lipinski definition) is 2. The highest BCUT2D eigenvalue weighted by Crippen LogP contribution is 2.31. The second-order valence-corrected chi connectivity index (χ2v) is 4.34. The molecule has 2 aromatic rings. The monoisotopic (exact) mass is 259 g/mol. The van der Waals surface area contributed by atoms with Gasteiger partial charge < -0.3 is 9.63 Å². The van der Waals surface area contributed by atoms with E-state index >= 15 is 0 Å². The van der Waals surface area contributed by atoms with Crippen LogP contribution in [0.1, 0.15) is 10.9 Å². The van der Waals surface area contributed by atoms with Crippen LogP contribution in [0.15, 0.2) is 26.8 Å². The van der Waals surface area contributed by atoms with Crippen molar-refractivity contribution < 1.29 is 14.4 Å². The van der Waals surface area contributed by atoms with Gasteiger partial charge in [0.1, 0.15) is 0 Å². The van der Waals surface area contributed by atoms with Crippen molar-refractivity contribution in [3.8, 4) is 10.6 Å². The maximum absolute atomic E-state index is 11.4. The van der Waals surface area contributed by atoms with Gasteiger partial charge in [0.15, 0.2) is 11.1 Å². The van der Waals surface area contributed by atoms with Gasteiger partial charge in [-0.15, -0.1) is 22.9 Å². The van der Waals surface area contributed by atoms with Crippen LogP contribution < -0.4 is 5.56 Å². The van der Waals surface area contributed by atoms with Crippen LogP contribution in [0, 0.1) is 0 Å². The zero-order chi connectivity index (χ0) is 11.7. The lowest BCUT2D eigenvalue weighted by molar-refractivity contribution is -0.136. The molecule has 16 heavy (non-hydrogen) atoms. The average molecular weight is 260 g/mol. The van der Waals surface area contributed by atoms with Crippen molar-refractivity contribution in [1.29, 1.82) is 0 Å². The smallest absolute Gasteiger partial charge is 0.326 e. The number of nitrogens with one attached hydrogen (secondary N) is 1. The van der Waals surface area contributed by atoms with Crippen molar-refractivity contribution in [2.24, 2.45) is 0 Å². The van der Waals surface area contributed by atoms with Gasteiger partial charge in [0.2, 0.25) is 0 Å². The van der Waals surface area contributed by atoms with Gasteiger partial charge in [-0.3, -0.25) is 9.59 Å². The number of thiophene rings is 1. The third-order valence-electron chi connectivity index (χ3n) is 1.95. The maximum Gasteiger partial charge on any atom is 0.326 e. The van der Waals surface area contributed by atoms with Crippen LogP contribution in [-0.2, 0) is 4.79 Å². The summed E-state index contributed by atoms with van der Waals surface area (Å²) in [7, 11) is 0. The maximum atomic E-state index is 11.4. The van der Waals surface area contributed by atoms with Crippen molar-refractivity contribution in [2.75, 3.05) is 0 Å². The Kier molecular flexibility index (Phi) is 2.84. The number of aromatic amines is 1. The standard InChI is InChI=1S/C9H6ClNO4S/c10-6(9(13)14)5-7(15-11-8(5)12)4-2-1-3-16-4/h1-3,6H,(H,11,12)(H,13,14). The molecule has 0 radical (unpaired) electrons. The van der Waals surface area contributed by atoms with E-state index in [1.54, 1.807) is 17.5 Å². The van der Waals surface area contributed by atoms with Crippen molar-refractivity contribution in [3.63, 3.8) is 0 Å². The minimum atomic E-state index is -1.42. The largest absolute Gasteiger partial charge is 0.480 e. The number of carboxylic acid groups (broad SMARTS) is 1. The summed E-state index contributed by atoms with van der Waals surface area (Å²) in [6, 6.07) is 3.48. The van der Waals surface area contributed by atoms with Crippen LogP contribution in [0.25, 0.3) is 10.6 Å². The molecule has 0 aliphatic heterocycles. The number of hydrogen-bond acceptors (Lipinski definition) is 4. The van der Waals surface area contributed by atoms with E-state index in [4.69, 9.17) is 21.2 Å². The van der Waals surface area contributed by atoms with Crippen molar-refractivity contribution in [3.05, 3.63) is 33.4 Å². The molecule has 0 spiro atoms. The van der Waals surface area contributed by atoms with Gasteiger partial charge in [0, 0.05) is 0 Å². The molecule has 0 aliphatic rings. The Morgan fingerprint density at radius 1 is 1.62 bits per heavy atom. The highest BCUT2D eigenvalue weighted by Gasteiger charge is 2.27. The second kappa shape index (κ2) is 4.15. The molecule has 84 valence electrons. The van der Waals surface area contributed by atoms with Crippen molar-refractivity contribution in [1.82, 2.24) is 5.16 Å². The zero-order valence-corrected chi connectivity index (χ0v) is 9.34. The minimum Gasteiger partial charge on any atom is -0.480 e. The molecule has 5 nitrogen and oxygen atoms in total. The molecule has 2 aromatic heterocycles. The number of halogens is 1. The normalized spacial score (nSPS) is 12.6. The lowest BCUT2D eigenvalue weighted by Crippen LogP contribution is -2.14. The van der Waals surface area contributed by atoms with Crippen molar-refractivity contribution in [2.45, 2.75) is 5.38 Å². The van der Waals surface area contributed by atoms with E-state index < -0.39 is 16.9 Å². The van der Waals surface area contributed by atoms with Gasteiger partial charge in [-0.1, -0.05) is 6.07 Å². The predicted octanol–water partition coefficient (Wildman–Crippen LogP) is 2.06. The molecule has 0 aromatic carbocycles. The Labute approximate surface area is 98.2 Å². The average Bonchev–Trinajstić information content (AvgIpc) is 2.84. The number of rotatable bonds is 3. The van der Waals surface area contributed by atoms with Crippen LogP contribution in [-0.4, -0.2) is 16.2 Å². The van der Waals surface area contributed by atoms with Gasteiger partial charge in [-0.2, -0.15) is 5.16 Å². The Morgan fingerprint density at radius 3 is 2.94 bits per heavy atom. The van der Waals surface area contributed by atoms with E-state index in [9.17, 15) is 9.59 Å². The topological polar surface area (TPSA) is 83.3 Å². The number of H-pyrrole nitrogens is 1. The highest BCUT2D eigenvalue weighted by molar-refractivity contribution is 7.13. The van der Waals surface area contributed by atoms with Crippen LogP contribution in [0.4, 0.5) is 0 Å². The van der Waals surface area contributed by atoms with Crippen molar-refractivity contribution >= 4 is 28.9 Å². The molecular weight excluding hydrogens is 254 g/mol. The summed E-state index contributed by atoms with van der Waals surface area (Å²) in [4.78, 5) is 22.8. The Balaban J connectivity index is 2.57. The SMILES string of the molecule is O=C(O)C(Cl)c1c(-c2cccs2)o[nH]c1=O. The number of alkyl halides is 1. The summed E-state index contributed by atoms with van der Waals surface area (Å²) in [5, 5.41) is 11.2. The fourth-order valence-electron chi connectivity index (χ4n) is 1.25. The lowest BCUT2D eigenvalue weighted by Gasteiger charge is -2.00. The molecule has 2 heterocycles. The van der Waals surface area contributed by atoms with Crippen LogP contribution >= 0.6 is 22.9 Å². The number of carbonyl (C=O) groups is 1. The Hall–Kier alpha value is -1.53. The molecule has 2 N–H and O–H groups in total. The molecule has 0 fully saturated rings. The van der Waals surface area contributed by atoms with Gasteiger partial charge in [0.05, 0.1) is 10.4 Å². The third-order valence-corrected chi connectivity index (χ3v) is 3.22. The fourth-order valence-corrected chi connectivity index (χ4v) is 2.17. The highest BCUT2D eigenvalue weighted by atomic mass is 35.5. The van der Waals surface area contributed by atoms with E-state index in [1.807, 2.05) is 0 Å². The van der Waals surface area contributed by atoms with Crippen LogP contribution in [0.3, 0.4) is 0 Å². The molecule has 0 saturated heterocycles. The molecule has 0 saturated carbocycles. The Morgan fingerprint density at radius 2 is 2.38 bits per heavy atom. The quantitative estimate of drug-likeness (QED) is 0.827. The summed E-state index contributed by atoms with van der Waals surface area (Å²) in [5.41, 5.74) is -0.692. The Bertz CT molecular complexity index is 556. The van der Waals surface area contributed by atoms with E-state index in [-0.39, 0.29) is 11.3 Å². The number of aromatic nitrogens is 1. The fraction of sp³-hybridized carbons (Fsp3) is 0.111. The molecule has 1 atom stereocenters.